The van der Waals surface area contributed by atoms with E-state index >= 15 is 0 Å². The number of aliphatic imine (C=N–C) groups is 1. The largest absolute Gasteiger partial charge is 0.493 e. The van der Waals surface area contributed by atoms with Crippen molar-refractivity contribution in [2.24, 2.45) is 10.9 Å². The van der Waals surface area contributed by atoms with E-state index < -0.39 is 0 Å². The fourth-order valence-corrected chi connectivity index (χ4v) is 4.05. The molecule has 0 spiro atoms. The van der Waals surface area contributed by atoms with Gasteiger partial charge in [-0.1, -0.05) is 31.4 Å². The summed E-state index contributed by atoms with van der Waals surface area (Å²) in [4.78, 5) is 16.3. The van der Waals surface area contributed by atoms with Crippen LogP contribution in [-0.4, -0.2) is 45.2 Å². The van der Waals surface area contributed by atoms with Crippen LogP contribution in [0.3, 0.4) is 0 Å². The fourth-order valence-electron chi connectivity index (χ4n) is 4.05. The lowest BCUT2D eigenvalue weighted by Crippen LogP contribution is -2.42. The Balaban J connectivity index is 0.00000300. The molecule has 1 aromatic rings. The Bertz CT molecular complexity index is 675. The monoisotopic (exact) mass is 514 g/mol. The van der Waals surface area contributed by atoms with E-state index in [1.807, 2.05) is 0 Å². The van der Waals surface area contributed by atoms with Gasteiger partial charge in [-0.25, -0.2) is 0 Å². The van der Waals surface area contributed by atoms with Gasteiger partial charge in [0.25, 0.3) is 0 Å². The van der Waals surface area contributed by atoms with Gasteiger partial charge in [0.15, 0.2) is 5.96 Å². The van der Waals surface area contributed by atoms with Crippen molar-refractivity contribution in [3.8, 4) is 5.75 Å². The molecule has 1 aliphatic carbocycles. The molecule has 1 fully saturated rings. The van der Waals surface area contributed by atoms with Crippen molar-refractivity contribution >= 4 is 35.8 Å². The normalized spacial score (nSPS) is 16.4. The van der Waals surface area contributed by atoms with E-state index in [1.165, 1.54) is 43.2 Å². The average Bonchev–Trinajstić information content (AvgIpc) is 3.18. The maximum Gasteiger partial charge on any atom is 0.220 e. The number of hydrogen-bond acceptors (Lipinski definition) is 3. The highest BCUT2D eigenvalue weighted by Crippen LogP contribution is 2.26. The summed E-state index contributed by atoms with van der Waals surface area (Å²) in [6.45, 7) is 2.90. The van der Waals surface area contributed by atoms with Crippen molar-refractivity contribution in [3.63, 3.8) is 0 Å². The van der Waals surface area contributed by atoms with Crippen LogP contribution in [-0.2, 0) is 17.6 Å². The van der Waals surface area contributed by atoms with Gasteiger partial charge in [0, 0.05) is 39.5 Å². The molecule has 7 heteroatoms. The zero-order valence-corrected chi connectivity index (χ0v) is 19.8. The zero-order chi connectivity index (χ0) is 19.6. The van der Waals surface area contributed by atoms with Gasteiger partial charge < -0.3 is 20.7 Å². The summed E-state index contributed by atoms with van der Waals surface area (Å²) in [5.41, 5.74) is 2.62. The first-order chi connectivity index (χ1) is 13.7. The second-order valence-corrected chi connectivity index (χ2v) is 7.77. The van der Waals surface area contributed by atoms with Gasteiger partial charge in [-0.2, -0.15) is 0 Å². The highest BCUT2D eigenvalue weighted by Gasteiger charge is 2.16. The Kier molecular flexibility index (Phi) is 10.6. The van der Waals surface area contributed by atoms with E-state index in [9.17, 15) is 4.79 Å². The third kappa shape index (κ3) is 8.03. The van der Waals surface area contributed by atoms with Crippen LogP contribution in [0.25, 0.3) is 0 Å². The third-order valence-electron chi connectivity index (χ3n) is 5.62. The predicted octanol–water partition coefficient (Wildman–Crippen LogP) is 3.03. The molecule has 1 saturated carbocycles. The van der Waals surface area contributed by atoms with Gasteiger partial charge in [0.05, 0.1) is 6.61 Å². The molecule has 3 N–H and O–H groups in total. The van der Waals surface area contributed by atoms with Gasteiger partial charge in [-0.15, -0.1) is 24.0 Å². The lowest BCUT2D eigenvalue weighted by Gasteiger charge is -2.20. The van der Waals surface area contributed by atoms with E-state index in [0.29, 0.717) is 25.4 Å². The van der Waals surface area contributed by atoms with Crippen LogP contribution in [0.1, 0.15) is 49.7 Å². The van der Waals surface area contributed by atoms with E-state index in [0.717, 1.165) is 37.7 Å². The molecule has 0 atom stereocenters. The molecule has 2 aliphatic rings. The van der Waals surface area contributed by atoms with Crippen molar-refractivity contribution in [2.45, 2.75) is 51.4 Å². The number of nitrogens with zero attached hydrogens (tertiary/aromatic N) is 1. The molecular formula is C22H35IN4O2. The number of nitrogens with one attached hydrogen (secondary N) is 3. The lowest BCUT2D eigenvalue weighted by molar-refractivity contribution is -0.122. The van der Waals surface area contributed by atoms with E-state index in [2.05, 4.69) is 39.1 Å². The number of guanidine groups is 1. The number of rotatable bonds is 8. The van der Waals surface area contributed by atoms with Crippen LogP contribution in [0, 0.1) is 5.92 Å². The Hall–Kier alpha value is -1.51. The van der Waals surface area contributed by atoms with Crippen LogP contribution in [0.2, 0.25) is 0 Å². The van der Waals surface area contributed by atoms with Crippen molar-refractivity contribution in [1.82, 2.24) is 16.0 Å². The lowest BCUT2D eigenvalue weighted by atomic mass is 9.87. The standard InChI is InChI=1S/C22H34N4O2.HI/c1-23-22(25-11-9-18-7-8-20-19(15-18)10-14-28-20)26-13-12-24-21(27)16-17-5-3-2-4-6-17;/h7-8,15,17H,2-6,9-14,16H2,1H3,(H,24,27)(H2,23,25,26);1H. The number of hydrogen-bond donors (Lipinski definition) is 3. The molecule has 1 aliphatic heterocycles. The number of carbonyl (C=O) groups excluding carboxylic acids is 1. The van der Waals surface area contributed by atoms with E-state index in [4.69, 9.17) is 4.74 Å². The van der Waals surface area contributed by atoms with Gasteiger partial charge >= 0.3 is 0 Å². The number of fused-ring (bicyclic) bond motifs is 1. The number of ether oxygens (including phenoxy) is 1. The van der Waals surface area contributed by atoms with Crippen molar-refractivity contribution in [3.05, 3.63) is 29.3 Å². The topological polar surface area (TPSA) is 74.8 Å². The van der Waals surface area contributed by atoms with Crippen LogP contribution in [0.5, 0.6) is 5.75 Å². The summed E-state index contributed by atoms with van der Waals surface area (Å²) < 4.78 is 5.55. The van der Waals surface area contributed by atoms with E-state index in [-0.39, 0.29) is 29.9 Å². The van der Waals surface area contributed by atoms with Crippen LogP contribution in [0.4, 0.5) is 0 Å². The smallest absolute Gasteiger partial charge is 0.220 e. The van der Waals surface area contributed by atoms with Gasteiger partial charge in [0.1, 0.15) is 5.75 Å². The molecule has 29 heavy (non-hydrogen) atoms. The number of amides is 1. The average molecular weight is 514 g/mol. The summed E-state index contributed by atoms with van der Waals surface area (Å²) in [5, 5.41) is 9.61. The van der Waals surface area contributed by atoms with Gasteiger partial charge in [-0.3, -0.25) is 9.79 Å². The summed E-state index contributed by atoms with van der Waals surface area (Å²) in [6, 6.07) is 6.44. The molecule has 1 heterocycles. The Labute approximate surface area is 191 Å². The number of benzene rings is 1. The first-order valence-electron chi connectivity index (χ1n) is 10.7. The Morgan fingerprint density at radius 1 is 1.10 bits per heavy atom. The van der Waals surface area contributed by atoms with Crippen LogP contribution < -0.4 is 20.7 Å². The summed E-state index contributed by atoms with van der Waals surface area (Å²) in [6.07, 6.45) is 8.92. The summed E-state index contributed by atoms with van der Waals surface area (Å²) >= 11 is 0. The third-order valence-corrected chi connectivity index (χ3v) is 5.62. The molecule has 0 aromatic heterocycles. The van der Waals surface area contributed by atoms with Crippen molar-refractivity contribution < 1.29 is 9.53 Å². The number of carbonyl (C=O) groups is 1. The zero-order valence-electron chi connectivity index (χ0n) is 17.5. The highest BCUT2D eigenvalue weighted by molar-refractivity contribution is 14.0. The maximum atomic E-state index is 12.0. The second kappa shape index (κ2) is 12.9. The SMILES string of the molecule is CN=C(NCCNC(=O)CC1CCCCC1)NCCc1ccc2c(c1)CCO2.I. The Morgan fingerprint density at radius 2 is 1.86 bits per heavy atom. The van der Waals surface area contributed by atoms with Gasteiger partial charge in [0.2, 0.25) is 5.91 Å². The first kappa shape index (κ1) is 23.8. The first-order valence-corrected chi connectivity index (χ1v) is 10.7. The molecular weight excluding hydrogens is 479 g/mol. The number of halogens is 1. The molecule has 6 nitrogen and oxygen atoms in total. The summed E-state index contributed by atoms with van der Waals surface area (Å²) in [7, 11) is 1.77. The molecule has 162 valence electrons. The van der Waals surface area contributed by atoms with Crippen LogP contribution >= 0.6 is 24.0 Å². The van der Waals surface area contributed by atoms with Gasteiger partial charge in [-0.05, 0) is 42.4 Å². The van der Waals surface area contributed by atoms with E-state index in [1.54, 1.807) is 7.05 Å². The van der Waals surface area contributed by atoms with Crippen molar-refractivity contribution in [1.29, 1.82) is 0 Å². The Morgan fingerprint density at radius 3 is 2.66 bits per heavy atom. The fraction of sp³-hybridized carbons (Fsp3) is 0.636. The van der Waals surface area contributed by atoms with Crippen LogP contribution in [0.15, 0.2) is 23.2 Å². The maximum absolute atomic E-state index is 12.0. The summed E-state index contributed by atoms with van der Waals surface area (Å²) in [5.74, 6) is 2.56. The quantitative estimate of drug-likeness (QED) is 0.216. The van der Waals surface area contributed by atoms with Crippen molar-refractivity contribution in [2.75, 3.05) is 33.3 Å². The molecule has 3 rings (SSSR count). The minimum atomic E-state index is 0. The highest BCUT2D eigenvalue weighted by atomic mass is 127. The minimum absolute atomic E-state index is 0. The second-order valence-electron chi connectivity index (χ2n) is 7.77. The molecule has 0 radical (unpaired) electrons. The molecule has 0 saturated heterocycles. The molecule has 1 aromatic carbocycles. The minimum Gasteiger partial charge on any atom is -0.493 e. The predicted molar refractivity (Wildman–Crippen MR) is 128 cm³/mol. The molecule has 1 amide bonds. The molecule has 0 unspecified atom stereocenters. The molecule has 0 bridgehead atoms.